The quantitative estimate of drug-likeness (QED) is 0.0353. The van der Waals surface area contributed by atoms with Crippen molar-refractivity contribution in [3.8, 4) is 0 Å². The van der Waals surface area contributed by atoms with E-state index in [1.165, 1.54) is 38.5 Å². The van der Waals surface area contributed by atoms with E-state index in [0.717, 1.165) is 58.5 Å². The molecule has 2 unspecified atom stereocenters. The van der Waals surface area contributed by atoms with Gasteiger partial charge in [-0.25, -0.2) is 4.57 Å². The van der Waals surface area contributed by atoms with Crippen LogP contribution < -0.4 is 0 Å². The summed E-state index contributed by atoms with van der Waals surface area (Å²) in [6, 6.07) is 0. The van der Waals surface area contributed by atoms with E-state index in [4.69, 9.17) is 14.0 Å². The molecule has 2 atom stereocenters. The van der Waals surface area contributed by atoms with Gasteiger partial charge in [0.25, 0.3) is 0 Å². The fourth-order valence-corrected chi connectivity index (χ4v) is 4.62. The van der Waals surface area contributed by atoms with Crippen molar-refractivity contribution in [2.24, 2.45) is 0 Å². The van der Waals surface area contributed by atoms with Crippen molar-refractivity contribution < 1.29 is 37.6 Å². The Morgan fingerprint density at radius 2 is 1.13 bits per heavy atom. The number of unbranched alkanes of at least 4 members (excludes halogenated alkanes) is 9. The van der Waals surface area contributed by atoms with E-state index < -0.39 is 32.5 Å². The molecule has 0 aliphatic carbocycles. The van der Waals surface area contributed by atoms with Gasteiger partial charge in [0.2, 0.25) is 0 Å². The standard InChI is InChI=1S/C36H61O8P/c1-4-6-8-10-12-14-15-16-17-18-19-20-21-23-25-27-29-31-36(38)44-34(33-43-45(39,40)41-3)32-42-35(37)30-28-26-24-22-13-11-9-7-5-2/h6,8,12,14,16-17,19-20,23,25,34H,4-5,7,9-11,13,15,18,21-22,24,26-33H2,1-3H3,(H,39,40)/b8-6-,14-12-,17-16-,20-19-,25-23-. The third kappa shape index (κ3) is 31.5. The molecular formula is C36H61O8P. The summed E-state index contributed by atoms with van der Waals surface area (Å²) >= 11 is 0. The summed E-state index contributed by atoms with van der Waals surface area (Å²) in [4.78, 5) is 34.1. The highest BCUT2D eigenvalue weighted by atomic mass is 31.2. The second-order valence-electron chi connectivity index (χ2n) is 10.9. The number of allylic oxidation sites excluding steroid dienone is 10. The molecule has 0 rings (SSSR count). The van der Waals surface area contributed by atoms with Gasteiger partial charge in [-0.05, 0) is 51.4 Å². The lowest BCUT2D eigenvalue weighted by Gasteiger charge is -2.19. The Morgan fingerprint density at radius 1 is 0.644 bits per heavy atom. The number of hydrogen-bond acceptors (Lipinski definition) is 7. The van der Waals surface area contributed by atoms with Gasteiger partial charge in [-0.2, -0.15) is 0 Å². The van der Waals surface area contributed by atoms with Crippen molar-refractivity contribution in [2.45, 2.75) is 136 Å². The van der Waals surface area contributed by atoms with Crippen LogP contribution in [-0.4, -0.2) is 43.3 Å². The number of carbonyl (C=O) groups is 2. The number of phosphoric ester groups is 1. The molecule has 8 nitrogen and oxygen atoms in total. The predicted molar refractivity (Wildman–Crippen MR) is 184 cm³/mol. The van der Waals surface area contributed by atoms with Crippen molar-refractivity contribution in [1.82, 2.24) is 0 Å². The average Bonchev–Trinajstić information content (AvgIpc) is 3.03. The highest BCUT2D eigenvalue weighted by Crippen LogP contribution is 2.42. The molecule has 0 saturated heterocycles. The van der Waals surface area contributed by atoms with Gasteiger partial charge in [0.1, 0.15) is 6.61 Å². The minimum atomic E-state index is -4.27. The van der Waals surface area contributed by atoms with Crippen LogP contribution >= 0.6 is 7.82 Å². The number of hydrogen-bond donors (Lipinski definition) is 1. The van der Waals surface area contributed by atoms with Gasteiger partial charge in [0, 0.05) is 20.0 Å². The van der Waals surface area contributed by atoms with Crippen LogP contribution in [0.1, 0.15) is 129 Å². The number of esters is 2. The van der Waals surface area contributed by atoms with Gasteiger partial charge in [-0.15, -0.1) is 0 Å². The molecule has 9 heteroatoms. The smallest absolute Gasteiger partial charge is 0.462 e. The molecule has 0 fully saturated rings. The van der Waals surface area contributed by atoms with Gasteiger partial charge in [-0.3, -0.25) is 18.6 Å². The first kappa shape index (κ1) is 42.8. The first-order valence-electron chi connectivity index (χ1n) is 17.0. The molecule has 0 aromatic heterocycles. The summed E-state index contributed by atoms with van der Waals surface area (Å²) < 4.78 is 31.7. The number of ether oxygens (including phenoxy) is 2. The maximum absolute atomic E-state index is 12.4. The third-order valence-electron chi connectivity index (χ3n) is 6.78. The Bertz CT molecular complexity index is 922. The topological polar surface area (TPSA) is 108 Å². The van der Waals surface area contributed by atoms with Crippen LogP contribution in [0, 0.1) is 0 Å². The highest BCUT2D eigenvalue weighted by Gasteiger charge is 2.24. The summed E-state index contributed by atoms with van der Waals surface area (Å²) in [5.41, 5.74) is 0. The van der Waals surface area contributed by atoms with Crippen LogP contribution in [-0.2, 0) is 32.7 Å². The molecule has 0 amide bonds. The molecule has 0 saturated carbocycles. The molecule has 0 aromatic rings. The van der Waals surface area contributed by atoms with Crippen LogP contribution in [0.4, 0.5) is 0 Å². The van der Waals surface area contributed by atoms with Gasteiger partial charge in [0.05, 0.1) is 6.61 Å². The van der Waals surface area contributed by atoms with Gasteiger partial charge in [-0.1, -0.05) is 126 Å². The number of phosphoric acid groups is 1. The first-order valence-corrected chi connectivity index (χ1v) is 18.5. The summed E-state index contributed by atoms with van der Waals surface area (Å²) in [5.74, 6) is -0.882. The van der Waals surface area contributed by atoms with E-state index in [-0.39, 0.29) is 19.4 Å². The van der Waals surface area contributed by atoms with Crippen LogP contribution in [0.15, 0.2) is 60.8 Å². The van der Waals surface area contributed by atoms with Crippen LogP contribution in [0.25, 0.3) is 0 Å². The summed E-state index contributed by atoms with van der Waals surface area (Å²) in [6.45, 7) is 3.67. The SMILES string of the molecule is CC/C=C\C/C=C\C/C=C\C/C=C\C/C=C\CCCC(=O)OC(COC(=O)CCCCCCCCCCC)COP(=O)(O)OC. The second kappa shape index (κ2) is 31.7. The van der Waals surface area contributed by atoms with Crippen LogP contribution in [0.2, 0.25) is 0 Å². The molecule has 0 aliphatic rings. The molecule has 0 radical (unpaired) electrons. The molecule has 45 heavy (non-hydrogen) atoms. The molecule has 0 heterocycles. The molecule has 1 N–H and O–H groups in total. The Morgan fingerprint density at radius 3 is 1.67 bits per heavy atom. The lowest BCUT2D eigenvalue weighted by atomic mass is 10.1. The minimum Gasteiger partial charge on any atom is -0.462 e. The third-order valence-corrected chi connectivity index (χ3v) is 7.71. The maximum atomic E-state index is 12.4. The lowest BCUT2D eigenvalue weighted by molar-refractivity contribution is -0.161. The zero-order valence-electron chi connectivity index (χ0n) is 28.2. The second-order valence-corrected chi connectivity index (χ2v) is 12.5. The molecule has 0 bridgehead atoms. The number of rotatable bonds is 30. The Kier molecular flexibility index (Phi) is 30.1. The minimum absolute atomic E-state index is 0.165. The van der Waals surface area contributed by atoms with Gasteiger partial charge >= 0.3 is 19.8 Å². The zero-order chi connectivity index (χ0) is 33.3. The van der Waals surface area contributed by atoms with Crippen molar-refractivity contribution in [3.63, 3.8) is 0 Å². The van der Waals surface area contributed by atoms with E-state index in [9.17, 15) is 19.0 Å². The van der Waals surface area contributed by atoms with E-state index >= 15 is 0 Å². The van der Waals surface area contributed by atoms with Crippen molar-refractivity contribution in [3.05, 3.63) is 60.8 Å². The van der Waals surface area contributed by atoms with Gasteiger partial charge in [0.15, 0.2) is 6.10 Å². The zero-order valence-corrected chi connectivity index (χ0v) is 29.1. The fraction of sp³-hybridized carbons (Fsp3) is 0.667. The normalized spacial score (nSPS) is 14.3. The lowest BCUT2D eigenvalue weighted by Crippen LogP contribution is -2.29. The predicted octanol–water partition coefficient (Wildman–Crippen LogP) is 10.0. The highest BCUT2D eigenvalue weighted by molar-refractivity contribution is 7.47. The van der Waals surface area contributed by atoms with Crippen molar-refractivity contribution in [2.75, 3.05) is 20.3 Å². The summed E-state index contributed by atoms with van der Waals surface area (Å²) in [7, 11) is -3.22. The molecule has 0 spiro atoms. The molecule has 0 aromatic carbocycles. The maximum Gasteiger partial charge on any atom is 0.472 e. The monoisotopic (exact) mass is 652 g/mol. The number of carbonyl (C=O) groups excluding carboxylic acids is 2. The Labute approximate surface area is 273 Å². The first-order chi connectivity index (χ1) is 21.8. The molecule has 258 valence electrons. The average molecular weight is 653 g/mol. The summed E-state index contributed by atoms with van der Waals surface area (Å²) in [5, 5.41) is 0. The van der Waals surface area contributed by atoms with Crippen LogP contribution in [0.3, 0.4) is 0 Å². The molecular weight excluding hydrogens is 591 g/mol. The largest absolute Gasteiger partial charge is 0.472 e. The van der Waals surface area contributed by atoms with E-state index in [2.05, 4.69) is 73.1 Å². The van der Waals surface area contributed by atoms with Crippen molar-refractivity contribution in [1.29, 1.82) is 0 Å². The Hall–Kier alpha value is -2.25. The fourth-order valence-electron chi connectivity index (χ4n) is 4.16. The van der Waals surface area contributed by atoms with E-state index in [1.54, 1.807) is 0 Å². The molecule has 0 aliphatic heterocycles. The van der Waals surface area contributed by atoms with Crippen LogP contribution in [0.5, 0.6) is 0 Å². The van der Waals surface area contributed by atoms with E-state index in [0.29, 0.717) is 12.8 Å². The van der Waals surface area contributed by atoms with Gasteiger partial charge < -0.3 is 14.4 Å². The summed E-state index contributed by atoms with van der Waals surface area (Å²) in [6.07, 6.45) is 37.1. The Balaban J connectivity index is 4.24. The van der Waals surface area contributed by atoms with E-state index in [1.807, 2.05) is 6.08 Å². The van der Waals surface area contributed by atoms with Crippen molar-refractivity contribution >= 4 is 19.8 Å².